The van der Waals surface area contributed by atoms with E-state index in [2.05, 4.69) is 20.6 Å². The predicted molar refractivity (Wildman–Crippen MR) is 51.1 cm³/mol. The van der Waals surface area contributed by atoms with Crippen molar-refractivity contribution >= 4 is 16.3 Å². The van der Waals surface area contributed by atoms with E-state index in [9.17, 15) is 13.2 Å². The quantitative estimate of drug-likeness (QED) is 0.878. The second-order valence-electron chi connectivity index (χ2n) is 3.17. The average Bonchev–Trinajstić information content (AvgIpc) is 2.72. The predicted octanol–water partition coefficient (Wildman–Crippen LogP) is 1.48. The highest BCUT2D eigenvalue weighted by Crippen LogP contribution is 2.29. The maximum Gasteiger partial charge on any atom is 0.453 e. The molecule has 0 aromatic carbocycles. The highest BCUT2D eigenvalue weighted by Gasteiger charge is 2.38. The van der Waals surface area contributed by atoms with Crippen LogP contribution in [0, 0.1) is 0 Å². The fourth-order valence-corrected chi connectivity index (χ4v) is 2.01. The molecule has 0 aliphatic rings. The first-order valence-corrected chi connectivity index (χ1v) is 5.21. The number of halogens is 3. The van der Waals surface area contributed by atoms with Crippen LogP contribution in [0.1, 0.15) is 23.8 Å². The maximum atomic E-state index is 12.5. The highest BCUT2D eigenvalue weighted by atomic mass is 32.1. The van der Waals surface area contributed by atoms with Gasteiger partial charge in [-0.3, -0.25) is 0 Å². The zero-order chi connectivity index (χ0) is 11.9. The van der Waals surface area contributed by atoms with Gasteiger partial charge in [-0.05, 0) is 14.0 Å². The van der Waals surface area contributed by atoms with Crippen LogP contribution in [0.4, 0.5) is 13.2 Å². The molecule has 0 aliphatic carbocycles. The standard InChI is InChI=1S/C7H8F3N5S/c1-3(11-2)4-14-15-5(7(8,9)10)12-13-6(15)16-4/h3,11H,1-2H3. The Labute approximate surface area is 92.3 Å². The third-order valence-electron chi connectivity index (χ3n) is 2.06. The Morgan fingerprint density at radius 1 is 1.38 bits per heavy atom. The third kappa shape index (κ3) is 1.76. The van der Waals surface area contributed by atoms with E-state index in [-0.39, 0.29) is 11.0 Å². The number of aromatic nitrogens is 4. The van der Waals surface area contributed by atoms with Crippen LogP contribution >= 0.6 is 11.3 Å². The van der Waals surface area contributed by atoms with E-state index in [0.29, 0.717) is 5.01 Å². The van der Waals surface area contributed by atoms with Crippen molar-refractivity contribution in [1.29, 1.82) is 0 Å². The first-order chi connectivity index (χ1) is 7.43. The zero-order valence-electron chi connectivity index (χ0n) is 8.41. The van der Waals surface area contributed by atoms with Gasteiger partial charge in [-0.25, -0.2) is 0 Å². The van der Waals surface area contributed by atoms with E-state index in [1.165, 1.54) is 0 Å². The van der Waals surface area contributed by atoms with Crippen LogP contribution in [0.3, 0.4) is 0 Å². The van der Waals surface area contributed by atoms with E-state index in [1.54, 1.807) is 14.0 Å². The van der Waals surface area contributed by atoms with Crippen molar-refractivity contribution in [3.63, 3.8) is 0 Å². The van der Waals surface area contributed by atoms with E-state index in [1.807, 2.05) is 0 Å². The average molecular weight is 251 g/mol. The van der Waals surface area contributed by atoms with Crippen molar-refractivity contribution in [2.24, 2.45) is 0 Å². The van der Waals surface area contributed by atoms with Crippen LogP contribution in [-0.2, 0) is 6.18 Å². The van der Waals surface area contributed by atoms with Gasteiger partial charge in [0.05, 0.1) is 6.04 Å². The van der Waals surface area contributed by atoms with Gasteiger partial charge in [0, 0.05) is 0 Å². The van der Waals surface area contributed by atoms with Crippen LogP contribution in [0.15, 0.2) is 0 Å². The minimum atomic E-state index is -4.53. The summed E-state index contributed by atoms with van der Waals surface area (Å²) in [7, 11) is 1.71. The van der Waals surface area contributed by atoms with Crippen molar-refractivity contribution in [2.75, 3.05) is 7.05 Å². The van der Waals surface area contributed by atoms with Crippen molar-refractivity contribution in [1.82, 2.24) is 25.1 Å². The number of nitrogens with one attached hydrogen (secondary N) is 1. The number of fused-ring (bicyclic) bond motifs is 1. The fraction of sp³-hybridized carbons (Fsp3) is 0.571. The summed E-state index contributed by atoms with van der Waals surface area (Å²) in [6, 6.07) is -0.118. The molecule has 1 N–H and O–H groups in total. The molecule has 1 atom stereocenters. The van der Waals surface area contributed by atoms with Crippen LogP contribution in [0.5, 0.6) is 0 Å². The molecule has 5 nitrogen and oxygen atoms in total. The molecule has 2 aromatic heterocycles. The molecule has 9 heteroatoms. The smallest absolute Gasteiger partial charge is 0.311 e. The van der Waals surface area contributed by atoms with Gasteiger partial charge in [0.2, 0.25) is 4.96 Å². The van der Waals surface area contributed by atoms with Gasteiger partial charge in [-0.15, -0.1) is 10.2 Å². The summed E-state index contributed by atoms with van der Waals surface area (Å²) in [5.74, 6) is -1.09. The number of hydrogen-bond acceptors (Lipinski definition) is 5. The second kappa shape index (κ2) is 3.67. The van der Waals surface area contributed by atoms with Crippen LogP contribution in [-0.4, -0.2) is 26.9 Å². The highest BCUT2D eigenvalue weighted by molar-refractivity contribution is 7.16. The molecular weight excluding hydrogens is 243 g/mol. The molecule has 0 bridgehead atoms. The van der Waals surface area contributed by atoms with E-state index in [4.69, 9.17) is 0 Å². The Morgan fingerprint density at radius 2 is 2.06 bits per heavy atom. The van der Waals surface area contributed by atoms with E-state index < -0.39 is 12.0 Å². The lowest BCUT2D eigenvalue weighted by molar-refractivity contribution is -0.146. The molecule has 1 unspecified atom stereocenters. The summed E-state index contributed by atoms with van der Waals surface area (Å²) in [4.78, 5) is 0.143. The molecule has 0 saturated heterocycles. The molecule has 0 saturated carbocycles. The van der Waals surface area contributed by atoms with Crippen LogP contribution < -0.4 is 5.32 Å². The van der Waals surface area contributed by atoms with Gasteiger partial charge in [0.1, 0.15) is 5.01 Å². The van der Waals surface area contributed by atoms with Gasteiger partial charge in [-0.1, -0.05) is 11.3 Å². The minimum Gasteiger partial charge on any atom is -0.311 e. The molecule has 2 rings (SSSR count). The lowest BCUT2D eigenvalue weighted by atomic mass is 10.4. The Hall–Kier alpha value is -1.22. The lowest BCUT2D eigenvalue weighted by Crippen LogP contribution is -2.14. The molecule has 16 heavy (non-hydrogen) atoms. The number of nitrogens with zero attached hydrogens (tertiary/aromatic N) is 4. The Bertz CT molecular complexity index is 502. The topological polar surface area (TPSA) is 55.1 Å². The van der Waals surface area contributed by atoms with Crippen LogP contribution in [0.2, 0.25) is 0 Å². The van der Waals surface area contributed by atoms with Gasteiger partial charge >= 0.3 is 6.18 Å². The molecule has 88 valence electrons. The van der Waals surface area contributed by atoms with Gasteiger partial charge in [0.25, 0.3) is 5.82 Å². The summed E-state index contributed by atoms with van der Waals surface area (Å²) in [5, 5.41) is 13.8. The van der Waals surface area contributed by atoms with Crippen molar-refractivity contribution in [2.45, 2.75) is 19.1 Å². The monoisotopic (exact) mass is 251 g/mol. The second-order valence-corrected chi connectivity index (χ2v) is 4.15. The largest absolute Gasteiger partial charge is 0.453 e. The first-order valence-electron chi connectivity index (χ1n) is 4.40. The number of hydrogen-bond donors (Lipinski definition) is 1. The minimum absolute atomic E-state index is 0.118. The Morgan fingerprint density at radius 3 is 2.62 bits per heavy atom. The number of rotatable bonds is 2. The molecule has 2 heterocycles. The summed E-state index contributed by atoms with van der Waals surface area (Å²) >= 11 is 1.08. The normalized spacial score (nSPS) is 14.6. The number of alkyl halides is 3. The molecule has 0 spiro atoms. The molecule has 0 radical (unpaired) electrons. The zero-order valence-corrected chi connectivity index (χ0v) is 9.22. The Balaban J connectivity index is 2.52. The molecular formula is C7H8F3N5S. The summed E-state index contributed by atoms with van der Waals surface area (Å²) in [6.07, 6.45) is -4.53. The van der Waals surface area contributed by atoms with Crippen molar-refractivity contribution < 1.29 is 13.2 Å². The molecule has 2 aromatic rings. The van der Waals surface area contributed by atoms with Crippen molar-refractivity contribution in [3.05, 3.63) is 10.8 Å². The van der Waals surface area contributed by atoms with Crippen molar-refractivity contribution in [3.8, 4) is 0 Å². The summed E-state index contributed by atoms with van der Waals surface area (Å²) in [6.45, 7) is 1.80. The molecule has 0 fully saturated rings. The Kier molecular flexibility index (Phi) is 2.58. The SMILES string of the molecule is CNC(C)c1nn2c(C(F)(F)F)nnc2s1. The third-order valence-corrected chi connectivity index (χ3v) is 3.14. The van der Waals surface area contributed by atoms with Gasteiger partial charge in [0.15, 0.2) is 0 Å². The molecule has 0 aliphatic heterocycles. The van der Waals surface area contributed by atoms with Crippen LogP contribution in [0.25, 0.3) is 4.96 Å². The van der Waals surface area contributed by atoms with E-state index >= 15 is 0 Å². The maximum absolute atomic E-state index is 12.5. The fourth-order valence-electron chi connectivity index (χ4n) is 1.11. The van der Waals surface area contributed by atoms with E-state index in [0.717, 1.165) is 15.9 Å². The summed E-state index contributed by atoms with van der Waals surface area (Å²) < 4.78 is 38.1. The lowest BCUT2D eigenvalue weighted by Gasteiger charge is -2.04. The molecule has 0 amide bonds. The summed E-state index contributed by atoms with van der Waals surface area (Å²) in [5.41, 5.74) is 0. The first kappa shape index (κ1) is 11.3. The van der Waals surface area contributed by atoms with Gasteiger partial charge in [-0.2, -0.15) is 22.8 Å². The van der Waals surface area contributed by atoms with Gasteiger partial charge < -0.3 is 5.32 Å².